The van der Waals surface area contributed by atoms with Crippen LogP contribution >= 0.6 is 15.9 Å². The number of hydrogen-bond acceptors (Lipinski definition) is 4. The number of benzene rings is 1. The summed E-state index contributed by atoms with van der Waals surface area (Å²) in [6.07, 6.45) is -1.05. The van der Waals surface area contributed by atoms with Crippen molar-refractivity contribution in [1.29, 1.82) is 0 Å². The quantitative estimate of drug-likeness (QED) is 0.834. The van der Waals surface area contributed by atoms with Gasteiger partial charge in [-0.15, -0.1) is 0 Å². The summed E-state index contributed by atoms with van der Waals surface area (Å²) in [5, 5.41) is 2.48. The fourth-order valence-corrected chi connectivity index (χ4v) is 1.92. The van der Waals surface area contributed by atoms with Gasteiger partial charge < -0.3 is 14.5 Å². The second-order valence-corrected chi connectivity index (χ2v) is 5.39. The molecular weight excluding hydrogens is 357 g/mol. The Bertz CT molecular complexity index is 713. The molecule has 1 heterocycles. The van der Waals surface area contributed by atoms with Crippen molar-refractivity contribution in [2.75, 3.05) is 5.32 Å². The van der Waals surface area contributed by atoms with Crippen molar-refractivity contribution in [3.8, 4) is 0 Å². The number of nitrogens with one attached hydrogen (secondary N) is 1. The molecule has 0 bridgehead atoms. The summed E-state index contributed by atoms with van der Waals surface area (Å²) in [6, 6.07) is 7.27. The molecule has 0 spiro atoms. The zero-order valence-electron chi connectivity index (χ0n) is 11.9. The Hall–Kier alpha value is -2.15. The molecule has 1 atom stereocenters. The highest BCUT2D eigenvalue weighted by Gasteiger charge is 2.21. The van der Waals surface area contributed by atoms with Gasteiger partial charge in [0.15, 0.2) is 10.8 Å². The standard InChI is InChI=1S/C15H13BrFNO4/c1-8-3-4-10(7-11(8)17)18-14(19)9(2)21-15(20)12-5-6-13(16)22-12/h3-7,9H,1-2H3,(H,18,19). The fraction of sp³-hybridized carbons (Fsp3) is 0.200. The number of amides is 1. The minimum absolute atomic E-state index is 0.0205. The first kappa shape index (κ1) is 16.2. The van der Waals surface area contributed by atoms with E-state index in [1.54, 1.807) is 19.1 Å². The largest absolute Gasteiger partial charge is 0.447 e. The van der Waals surface area contributed by atoms with Crippen molar-refractivity contribution in [1.82, 2.24) is 0 Å². The SMILES string of the molecule is Cc1ccc(NC(=O)C(C)OC(=O)c2ccc(Br)o2)cc1F. The number of anilines is 1. The highest BCUT2D eigenvalue weighted by molar-refractivity contribution is 9.10. The highest BCUT2D eigenvalue weighted by atomic mass is 79.9. The van der Waals surface area contributed by atoms with E-state index in [1.165, 1.54) is 25.1 Å². The van der Waals surface area contributed by atoms with Crippen molar-refractivity contribution < 1.29 is 23.1 Å². The predicted octanol–water partition coefficient (Wildman–Crippen LogP) is 3.67. The van der Waals surface area contributed by atoms with Crippen LogP contribution < -0.4 is 5.32 Å². The van der Waals surface area contributed by atoms with E-state index in [9.17, 15) is 14.0 Å². The van der Waals surface area contributed by atoms with Crippen LogP contribution in [-0.4, -0.2) is 18.0 Å². The van der Waals surface area contributed by atoms with Crippen molar-refractivity contribution in [2.45, 2.75) is 20.0 Å². The topological polar surface area (TPSA) is 68.5 Å². The van der Waals surface area contributed by atoms with Crippen LogP contribution in [0.15, 0.2) is 39.4 Å². The second kappa shape index (κ2) is 6.74. The normalized spacial score (nSPS) is 11.8. The fourth-order valence-electron chi connectivity index (χ4n) is 1.61. The molecule has 1 amide bonds. The van der Waals surface area contributed by atoms with Crippen molar-refractivity contribution in [2.24, 2.45) is 0 Å². The molecule has 0 radical (unpaired) electrons. The monoisotopic (exact) mass is 369 g/mol. The third-order valence-electron chi connectivity index (χ3n) is 2.87. The Morgan fingerprint density at radius 2 is 2.05 bits per heavy atom. The van der Waals surface area contributed by atoms with Crippen LogP contribution in [0.5, 0.6) is 0 Å². The lowest BCUT2D eigenvalue weighted by Crippen LogP contribution is -2.29. The van der Waals surface area contributed by atoms with Gasteiger partial charge in [-0.2, -0.15) is 0 Å². The van der Waals surface area contributed by atoms with Gasteiger partial charge in [-0.1, -0.05) is 6.07 Å². The first-order chi connectivity index (χ1) is 10.4. The maximum Gasteiger partial charge on any atom is 0.375 e. The first-order valence-electron chi connectivity index (χ1n) is 6.40. The lowest BCUT2D eigenvalue weighted by atomic mass is 10.2. The molecule has 1 aromatic carbocycles. The third-order valence-corrected chi connectivity index (χ3v) is 3.29. The van der Waals surface area contributed by atoms with Gasteiger partial charge in [-0.05, 0) is 59.6 Å². The van der Waals surface area contributed by atoms with Gasteiger partial charge in [0.2, 0.25) is 5.76 Å². The molecule has 0 saturated heterocycles. The molecule has 0 saturated carbocycles. The Kier molecular flexibility index (Phi) is 4.97. The van der Waals surface area contributed by atoms with E-state index in [4.69, 9.17) is 9.15 Å². The van der Waals surface area contributed by atoms with Crippen molar-refractivity contribution >= 4 is 33.5 Å². The smallest absolute Gasteiger partial charge is 0.375 e. The number of aryl methyl sites for hydroxylation is 1. The molecule has 22 heavy (non-hydrogen) atoms. The Morgan fingerprint density at radius 3 is 2.64 bits per heavy atom. The predicted molar refractivity (Wildman–Crippen MR) is 81.1 cm³/mol. The number of furan rings is 1. The van der Waals surface area contributed by atoms with Gasteiger partial charge in [-0.3, -0.25) is 4.79 Å². The minimum atomic E-state index is -1.05. The van der Waals surface area contributed by atoms with E-state index in [0.717, 1.165) is 0 Å². The van der Waals surface area contributed by atoms with Crippen LogP contribution in [0, 0.1) is 12.7 Å². The van der Waals surface area contributed by atoms with Crippen LogP contribution in [-0.2, 0) is 9.53 Å². The Balaban J connectivity index is 1.97. The maximum absolute atomic E-state index is 13.4. The van der Waals surface area contributed by atoms with E-state index in [-0.39, 0.29) is 11.4 Å². The maximum atomic E-state index is 13.4. The van der Waals surface area contributed by atoms with Crippen LogP contribution in [0.2, 0.25) is 0 Å². The molecule has 2 rings (SSSR count). The lowest BCUT2D eigenvalue weighted by molar-refractivity contribution is -0.123. The summed E-state index contributed by atoms with van der Waals surface area (Å²) in [5.41, 5.74) is 0.762. The number of rotatable bonds is 4. The molecule has 1 N–H and O–H groups in total. The number of hydrogen-bond donors (Lipinski definition) is 1. The summed E-state index contributed by atoms with van der Waals surface area (Å²) in [7, 11) is 0. The number of ether oxygens (including phenoxy) is 1. The van der Waals surface area contributed by atoms with Gasteiger partial charge in [0.1, 0.15) is 5.82 Å². The molecule has 116 valence electrons. The third kappa shape index (κ3) is 3.94. The lowest BCUT2D eigenvalue weighted by Gasteiger charge is -2.13. The van der Waals surface area contributed by atoms with Gasteiger partial charge in [-0.25, -0.2) is 9.18 Å². The average Bonchev–Trinajstić information content (AvgIpc) is 2.89. The molecule has 7 heteroatoms. The zero-order valence-corrected chi connectivity index (χ0v) is 13.4. The van der Waals surface area contributed by atoms with E-state index < -0.39 is 23.8 Å². The molecule has 0 aliphatic heterocycles. The molecular formula is C15H13BrFNO4. The Morgan fingerprint density at radius 1 is 1.32 bits per heavy atom. The van der Waals surface area contributed by atoms with Crippen LogP contribution in [0.4, 0.5) is 10.1 Å². The van der Waals surface area contributed by atoms with Crippen LogP contribution in [0.1, 0.15) is 23.0 Å². The minimum Gasteiger partial charge on any atom is -0.447 e. The summed E-state index contributed by atoms with van der Waals surface area (Å²) in [5.74, 6) is -1.78. The van der Waals surface area contributed by atoms with E-state index in [2.05, 4.69) is 21.2 Å². The zero-order chi connectivity index (χ0) is 16.3. The van der Waals surface area contributed by atoms with Gasteiger partial charge >= 0.3 is 5.97 Å². The van der Waals surface area contributed by atoms with E-state index in [0.29, 0.717) is 10.2 Å². The van der Waals surface area contributed by atoms with Crippen molar-refractivity contribution in [3.63, 3.8) is 0 Å². The highest BCUT2D eigenvalue weighted by Crippen LogP contribution is 2.17. The molecule has 1 unspecified atom stereocenters. The Labute approximate surface area is 134 Å². The number of carbonyl (C=O) groups excluding carboxylic acids is 2. The second-order valence-electron chi connectivity index (χ2n) is 4.60. The van der Waals surface area contributed by atoms with Gasteiger partial charge in [0.05, 0.1) is 0 Å². The molecule has 0 aliphatic carbocycles. The summed E-state index contributed by atoms with van der Waals surface area (Å²) >= 11 is 3.06. The van der Waals surface area contributed by atoms with E-state index in [1.807, 2.05) is 0 Å². The van der Waals surface area contributed by atoms with Crippen molar-refractivity contribution in [3.05, 3.63) is 52.1 Å². The number of carbonyl (C=O) groups is 2. The average molecular weight is 370 g/mol. The molecule has 0 aliphatic rings. The molecule has 0 fully saturated rings. The van der Waals surface area contributed by atoms with Gasteiger partial charge in [0.25, 0.3) is 5.91 Å². The van der Waals surface area contributed by atoms with E-state index >= 15 is 0 Å². The molecule has 5 nitrogen and oxygen atoms in total. The number of esters is 1. The van der Waals surface area contributed by atoms with Crippen LogP contribution in [0.25, 0.3) is 0 Å². The summed E-state index contributed by atoms with van der Waals surface area (Å²) < 4.78 is 23.8. The summed E-state index contributed by atoms with van der Waals surface area (Å²) in [4.78, 5) is 23.7. The summed E-state index contributed by atoms with van der Waals surface area (Å²) in [6.45, 7) is 3.03. The molecule has 1 aromatic heterocycles. The van der Waals surface area contributed by atoms with Gasteiger partial charge in [0, 0.05) is 5.69 Å². The first-order valence-corrected chi connectivity index (χ1v) is 7.19. The number of halogens is 2. The molecule has 2 aromatic rings. The van der Waals surface area contributed by atoms with Crippen LogP contribution in [0.3, 0.4) is 0 Å².